The van der Waals surface area contributed by atoms with E-state index < -0.39 is 0 Å². The molecule has 0 saturated heterocycles. The molecule has 23 heavy (non-hydrogen) atoms. The van der Waals surface area contributed by atoms with Crippen molar-refractivity contribution in [2.45, 2.75) is 43.0 Å². The maximum absolute atomic E-state index is 13.0. The van der Waals surface area contributed by atoms with Gasteiger partial charge < -0.3 is 5.11 Å². The molecular weight excluding hydrogens is 315 g/mol. The van der Waals surface area contributed by atoms with Crippen molar-refractivity contribution in [3.05, 3.63) is 57.4 Å². The molecule has 1 heterocycles. The van der Waals surface area contributed by atoms with Crippen LogP contribution in [0.15, 0.2) is 34.1 Å². The van der Waals surface area contributed by atoms with Crippen LogP contribution in [0.2, 0.25) is 0 Å². The fraction of sp³-hybridized carbons (Fsp3) is 0.412. The minimum absolute atomic E-state index is 0.0594. The first-order chi connectivity index (χ1) is 11.2. The third kappa shape index (κ3) is 3.64. The molecule has 0 saturated carbocycles. The SMILES string of the molecule is O=c1nc(SCc2ccc(F)cc2)c2c(n1CCO)CCCC2. The van der Waals surface area contributed by atoms with Crippen molar-refractivity contribution in [1.82, 2.24) is 9.55 Å². The van der Waals surface area contributed by atoms with Crippen LogP contribution in [0.5, 0.6) is 0 Å². The molecule has 0 radical (unpaired) electrons. The first-order valence-corrected chi connectivity index (χ1v) is 8.78. The predicted octanol–water partition coefficient (Wildman–Crippen LogP) is 2.55. The Morgan fingerprint density at radius 2 is 1.96 bits per heavy atom. The molecule has 2 aromatic rings. The molecule has 3 rings (SSSR count). The first kappa shape index (κ1) is 16.2. The summed E-state index contributed by atoms with van der Waals surface area (Å²) in [6.45, 7) is 0.243. The number of rotatable bonds is 5. The van der Waals surface area contributed by atoms with Gasteiger partial charge in [-0.2, -0.15) is 4.98 Å². The lowest BCUT2D eigenvalue weighted by Crippen LogP contribution is -2.31. The minimum Gasteiger partial charge on any atom is -0.395 e. The monoisotopic (exact) mass is 334 g/mol. The van der Waals surface area contributed by atoms with Crippen molar-refractivity contribution in [3.63, 3.8) is 0 Å². The van der Waals surface area contributed by atoms with Gasteiger partial charge in [0.25, 0.3) is 0 Å². The predicted molar refractivity (Wildman–Crippen MR) is 88.2 cm³/mol. The number of aliphatic hydroxyl groups is 1. The van der Waals surface area contributed by atoms with Crippen LogP contribution in [0.1, 0.15) is 29.7 Å². The third-order valence-corrected chi connectivity index (χ3v) is 5.15. The third-order valence-electron chi connectivity index (χ3n) is 4.06. The Balaban J connectivity index is 1.88. The Morgan fingerprint density at radius 1 is 1.22 bits per heavy atom. The molecule has 0 fully saturated rings. The number of hydrogen-bond donors (Lipinski definition) is 1. The number of fused-ring (bicyclic) bond motifs is 1. The lowest BCUT2D eigenvalue weighted by molar-refractivity contribution is 0.269. The molecule has 0 amide bonds. The topological polar surface area (TPSA) is 55.1 Å². The fourth-order valence-corrected chi connectivity index (χ4v) is 3.96. The molecule has 1 aromatic heterocycles. The molecule has 122 valence electrons. The minimum atomic E-state index is -0.290. The molecule has 1 aromatic carbocycles. The van der Waals surface area contributed by atoms with E-state index in [1.807, 2.05) is 0 Å². The zero-order chi connectivity index (χ0) is 16.2. The second-order valence-electron chi connectivity index (χ2n) is 5.62. The highest BCUT2D eigenvalue weighted by Gasteiger charge is 2.20. The van der Waals surface area contributed by atoms with E-state index in [-0.39, 0.29) is 18.1 Å². The number of aliphatic hydroxyl groups excluding tert-OH is 1. The number of nitrogens with zero attached hydrogens (tertiary/aromatic N) is 2. The summed E-state index contributed by atoms with van der Waals surface area (Å²) in [6, 6.07) is 6.39. The van der Waals surface area contributed by atoms with E-state index in [4.69, 9.17) is 5.11 Å². The van der Waals surface area contributed by atoms with Crippen LogP contribution < -0.4 is 5.69 Å². The highest BCUT2D eigenvalue weighted by atomic mass is 32.2. The molecule has 6 heteroatoms. The molecule has 1 aliphatic carbocycles. The molecular formula is C17H19FN2O2S. The largest absolute Gasteiger partial charge is 0.395 e. The van der Waals surface area contributed by atoms with Gasteiger partial charge in [-0.1, -0.05) is 12.1 Å². The summed E-state index contributed by atoms with van der Waals surface area (Å²) >= 11 is 1.53. The van der Waals surface area contributed by atoms with Gasteiger partial charge in [0.2, 0.25) is 0 Å². The number of hydrogen-bond acceptors (Lipinski definition) is 4. The molecule has 0 bridgehead atoms. The second kappa shape index (κ2) is 7.27. The van der Waals surface area contributed by atoms with Gasteiger partial charge >= 0.3 is 5.69 Å². The van der Waals surface area contributed by atoms with Gasteiger partial charge in [-0.05, 0) is 43.4 Å². The first-order valence-electron chi connectivity index (χ1n) is 7.79. The average Bonchev–Trinajstić information content (AvgIpc) is 2.57. The van der Waals surface area contributed by atoms with Crippen molar-refractivity contribution in [2.24, 2.45) is 0 Å². The normalized spacial score (nSPS) is 13.8. The summed E-state index contributed by atoms with van der Waals surface area (Å²) < 4.78 is 14.6. The zero-order valence-electron chi connectivity index (χ0n) is 12.8. The quantitative estimate of drug-likeness (QED) is 0.674. The van der Waals surface area contributed by atoms with Gasteiger partial charge in [-0.25, -0.2) is 9.18 Å². The van der Waals surface area contributed by atoms with Gasteiger partial charge in [-0.15, -0.1) is 11.8 Å². The Kier molecular flexibility index (Phi) is 5.13. The second-order valence-corrected chi connectivity index (χ2v) is 6.59. The summed E-state index contributed by atoms with van der Waals surface area (Å²) in [5.41, 5.74) is 2.87. The van der Waals surface area contributed by atoms with Crippen LogP contribution in [0, 0.1) is 5.82 Å². The van der Waals surface area contributed by atoms with Gasteiger partial charge in [0, 0.05) is 17.0 Å². The molecule has 0 spiro atoms. The van der Waals surface area contributed by atoms with Crippen LogP contribution in [0.4, 0.5) is 4.39 Å². The standard InChI is InChI=1S/C17H19FN2O2S/c18-13-7-5-12(6-8-13)11-23-16-14-3-1-2-4-15(14)20(9-10-21)17(22)19-16/h5-8,21H,1-4,9-11H2. The van der Waals surface area contributed by atoms with Crippen LogP contribution in [-0.4, -0.2) is 21.3 Å². The lowest BCUT2D eigenvalue weighted by Gasteiger charge is -2.22. The van der Waals surface area contributed by atoms with E-state index in [9.17, 15) is 9.18 Å². The van der Waals surface area contributed by atoms with Gasteiger partial charge in [0.1, 0.15) is 10.8 Å². The summed E-state index contributed by atoms with van der Waals surface area (Å²) in [5, 5.41) is 9.95. The van der Waals surface area contributed by atoms with Crippen molar-refractivity contribution in [1.29, 1.82) is 0 Å². The summed E-state index contributed by atoms with van der Waals surface area (Å²) in [5.74, 6) is 0.407. The number of aromatic nitrogens is 2. The Labute approximate surface area is 138 Å². The van der Waals surface area contributed by atoms with E-state index in [2.05, 4.69) is 4.98 Å². The van der Waals surface area contributed by atoms with Crippen LogP contribution >= 0.6 is 11.8 Å². The molecule has 0 aliphatic heterocycles. The molecule has 4 nitrogen and oxygen atoms in total. The number of benzene rings is 1. The highest BCUT2D eigenvalue weighted by molar-refractivity contribution is 7.98. The van der Waals surface area contributed by atoms with E-state index in [0.717, 1.165) is 47.5 Å². The van der Waals surface area contributed by atoms with Crippen molar-refractivity contribution >= 4 is 11.8 Å². The Hall–Kier alpha value is -1.66. The Bertz CT molecular complexity index is 743. The van der Waals surface area contributed by atoms with Crippen LogP contribution in [-0.2, 0) is 25.1 Å². The Morgan fingerprint density at radius 3 is 2.70 bits per heavy atom. The van der Waals surface area contributed by atoms with Crippen molar-refractivity contribution in [3.8, 4) is 0 Å². The fourth-order valence-electron chi connectivity index (χ4n) is 2.93. The lowest BCUT2D eigenvalue weighted by atomic mass is 9.97. The van der Waals surface area contributed by atoms with E-state index >= 15 is 0 Å². The zero-order valence-corrected chi connectivity index (χ0v) is 13.6. The molecule has 0 atom stereocenters. The maximum Gasteiger partial charge on any atom is 0.348 e. The molecule has 1 N–H and O–H groups in total. The van der Waals surface area contributed by atoms with Crippen molar-refractivity contribution < 1.29 is 9.50 Å². The molecule has 1 aliphatic rings. The smallest absolute Gasteiger partial charge is 0.348 e. The molecule has 0 unspecified atom stereocenters. The van der Waals surface area contributed by atoms with Gasteiger partial charge in [0.05, 0.1) is 13.2 Å². The number of halogens is 1. The van der Waals surface area contributed by atoms with Gasteiger partial charge in [-0.3, -0.25) is 4.57 Å². The van der Waals surface area contributed by atoms with Gasteiger partial charge in [0.15, 0.2) is 0 Å². The average molecular weight is 334 g/mol. The maximum atomic E-state index is 13.0. The van der Waals surface area contributed by atoms with Crippen LogP contribution in [0.3, 0.4) is 0 Å². The highest BCUT2D eigenvalue weighted by Crippen LogP contribution is 2.30. The van der Waals surface area contributed by atoms with E-state index in [1.54, 1.807) is 16.7 Å². The van der Waals surface area contributed by atoms with E-state index in [1.165, 1.54) is 23.9 Å². The summed E-state index contributed by atoms with van der Waals surface area (Å²) in [4.78, 5) is 16.5. The summed E-state index contributed by atoms with van der Waals surface area (Å²) in [6.07, 6.45) is 3.93. The van der Waals surface area contributed by atoms with Crippen LogP contribution in [0.25, 0.3) is 0 Å². The van der Waals surface area contributed by atoms with Crippen molar-refractivity contribution in [2.75, 3.05) is 6.61 Å². The summed E-state index contributed by atoms with van der Waals surface area (Å²) in [7, 11) is 0. The number of thioether (sulfide) groups is 1. The van der Waals surface area contributed by atoms with E-state index in [0.29, 0.717) is 12.3 Å².